The van der Waals surface area contributed by atoms with E-state index in [0.717, 1.165) is 30.1 Å². The van der Waals surface area contributed by atoms with Gasteiger partial charge in [-0.2, -0.15) is 0 Å². The van der Waals surface area contributed by atoms with Gasteiger partial charge in [0.1, 0.15) is 29.3 Å². The van der Waals surface area contributed by atoms with E-state index in [9.17, 15) is 4.39 Å². The predicted molar refractivity (Wildman–Crippen MR) is 78.7 cm³/mol. The van der Waals surface area contributed by atoms with Gasteiger partial charge in [-0.25, -0.2) is 19.3 Å². The number of aromatic nitrogens is 3. The first-order chi connectivity index (χ1) is 10.8. The molecular formula is C16H13FN4O. The van der Waals surface area contributed by atoms with Gasteiger partial charge in [0.25, 0.3) is 0 Å². The molecule has 110 valence electrons. The van der Waals surface area contributed by atoms with Crippen molar-refractivity contribution < 1.29 is 8.81 Å². The van der Waals surface area contributed by atoms with Crippen LogP contribution in [0.1, 0.15) is 11.5 Å². The van der Waals surface area contributed by atoms with E-state index in [2.05, 4.69) is 19.9 Å². The number of fused-ring (bicyclic) bond motifs is 1. The summed E-state index contributed by atoms with van der Waals surface area (Å²) in [5.74, 6) is 1.15. The molecule has 0 unspecified atom stereocenters. The summed E-state index contributed by atoms with van der Waals surface area (Å²) in [4.78, 5) is 14.7. The minimum atomic E-state index is -0.231. The largest absolute Gasteiger partial charge is 0.439 e. The summed E-state index contributed by atoms with van der Waals surface area (Å²) in [7, 11) is 0. The summed E-state index contributed by atoms with van der Waals surface area (Å²) in [5.41, 5.74) is 2.41. The van der Waals surface area contributed by atoms with Gasteiger partial charge in [-0.15, -0.1) is 0 Å². The molecule has 0 aliphatic carbocycles. The first-order valence-electron chi connectivity index (χ1n) is 7.05. The summed E-state index contributed by atoms with van der Waals surface area (Å²) >= 11 is 0. The Morgan fingerprint density at radius 3 is 3.00 bits per heavy atom. The first kappa shape index (κ1) is 12.9. The van der Waals surface area contributed by atoms with Crippen molar-refractivity contribution in [3.05, 3.63) is 60.1 Å². The van der Waals surface area contributed by atoms with Crippen LogP contribution in [0, 0.1) is 5.82 Å². The molecule has 0 saturated carbocycles. The molecule has 2 aromatic heterocycles. The number of oxazole rings is 1. The SMILES string of the molecule is Fc1cccc(N2CCc3oc(-c4ccncn4)nc3C2)c1. The van der Waals surface area contributed by atoms with Crippen LogP contribution in [-0.2, 0) is 13.0 Å². The average Bonchev–Trinajstić information content (AvgIpc) is 2.99. The number of benzene rings is 1. The van der Waals surface area contributed by atoms with E-state index in [1.165, 1.54) is 18.5 Å². The smallest absolute Gasteiger partial charge is 0.245 e. The average molecular weight is 296 g/mol. The Balaban J connectivity index is 1.63. The van der Waals surface area contributed by atoms with Gasteiger partial charge < -0.3 is 9.32 Å². The molecule has 0 fully saturated rings. The number of hydrogen-bond acceptors (Lipinski definition) is 5. The molecule has 0 spiro atoms. The first-order valence-corrected chi connectivity index (χ1v) is 7.05. The highest BCUT2D eigenvalue weighted by atomic mass is 19.1. The second-order valence-corrected chi connectivity index (χ2v) is 5.13. The van der Waals surface area contributed by atoms with Gasteiger partial charge in [-0.1, -0.05) is 6.07 Å². The fraction of sp³-hybridized carbons (Fsp3) is 0.188. The van der Waals surface area contributed by atoms with Crippen molar-refractivity contribution in [3.63, 3.8) is 0 Å². The third kappa shape index (κ3) is 2.32. The van der Waals surface area contributed by atoms with Crippen LogP contribution in [0.2, 0.25) is 0 Å². The van der Waals surface area contributed by atoms with E-state index in [1.54, 1.807) is 18.3 Å². The molecule has 0 radical (unpaired) electrons. The molecule has 0 atom stereocenters. The molecule has 5 nitrogen and oxygen atoms in total. The fourth-order valence-corrected chi connectivity index (χ4v) is 2.62. The molecule has 3 aromatic rings. The quantitative estimate of drug-likeness (QED) is 0.728. The van der Waals surface area contributed by atoms with Crippen LogP contribution in [0.25, 0.3) is 11.6 Å². The molecule has 1 aromatic carbocycles. The Morgan fingerprint density at radius 2 is 2.18 bits per heavy atom. The second kappa shape index (κ2) is 5.22. The minimum absolute atomic E-state index is 0.231. The van der Waals surface area contributed by atoms with Crippen molar-refractivity contribution in [2.45, 2.75) is 13.0 Å². The van der Waals surface area contributed by atoms with Crippen LogP contribution >= 0.6 is 0 Å². The fourth-order valence-electron chi connectivity index (χ4n) is 2.62. The topological polar surface area (TPSA) is 55.1 Å². The molecule has 0 bridgehead atoms. The molecule has 0 N–H and O–H groups in total. The maximum atomic E-state index is 13.4. The Labute approximate surface area is 126 Å². The zero-order valence-corrected chi connectivity index (χ0v) is 11.7. The number of nitrogens with zero attached hydrogens (tertiary/aromatic N) is 4. The highest BCUT2D eigenvalue weighted by Crippen LogP contribution is 2.27. The normalized spacial score (nSPS) is 14.0. The predicted octanol–water partition coefficient (Wildman–Crippen LogP) is 2.83. The Bertz CT molecular complexity index is 803. The summed E-state index contributed by atoms with van der Waals surface area (Å²) in [6.07, 6.45) is 3.87. The lowest BCUT2D eigenvalue weighted by Gasteiger charge is -2.27. The maximum absolute atomic E-state index is 13.4. The van der Waals surface area contributed by atoms with Gasteiger partial charge in [0.2, 0.25) is 5.89 Å². The molecule has 4 rings (SSSR count). The van der Waals surface area contributed by atoms with Gasteiger partial charge in [-0.3, -0.25) is 0 Å². The van der Waals surface area contributed by atoms with Gasteiger partial charge in [0.15, 0.2) is 0 Å². The molecule has 0 saturated heterocycles. The van der Waals surface area contributed by atoms with Crippen molar-refractivity contribution in [3.8, 4) is 11.6 Å². The third-order valence-electron chi connectivity index (χ3n) is 3.70. The van der Waals surface area contributed by atoms with E-state index in [1.807, 2.05) is 6.07 Å². The lowest BCUT2D eigenvalue weighted by Crippen LogP contribution is -2.30. The van der Waals surface area contributed by atoms with E-state index in [4.69, 9.17) is 4.42 Å². The molecular weight excluding hydrogens is 283 g/mol. The molecule has 1 aliphatic rings. The molecule has 0 amide bonds. The molecule has 6 heteroatoms. The highest BCUT2D eigenvalue weighted by molar-refractivity contribution is 5.50. The van der Waals surface area contributed by atoms with Crippen LogP contribution in [0.3, 0.4) is 0 Å². The van der Waals surface area contributed by atoms with Crippen LogP contribution in [0.4, 0.5) is 10.1 Å². The number of rotatable bonds is 2. The van der Waals surface area contributed by atoms with Crippen LogP contribution in [0.5, 0.6) is 0 Å². The Hall–Kier alpha value is -2.76. The Kier molecular flexibility index (Phi) is 3.07. The molecule has 3 heterocycles. The lowest BCUT2D eigenvalue weighted by atomic mass is 10.1. The van der Waals surface area contributed by atoms with Crippen molar-refractivity contribution in [2.75, 3.05) is 11.4 Å². The standard InChI is InChI=1S/C16H13FN4O/c17-11-2-1-3-12(8-11)21-7-5-15-14(9-21)20-16(22-15)13-4-6-18-10-19-13/h1-4,6,8,10H,5,7,9H2. The van der Waals surface area contributed by atoms with Gasteiger partial charge in [-0.05, 0) is 24.3 Å². The van der Waals surface area contributed by atoms with E-state index >= 15 is 0 Å². The van der Waals surface area contributed by atoms with Crippen LogP contribution in [-0.4, -0.2) is 21.5 Å². The summed E-state index contributed by atoms with van der Waals surface area (Å²) in [6, 6.07) is 8.37. The van der Waals surface area contributed by atoms with Crippen LogP contribution < -0.4 is 4.90 Å². The van der Waals surface area contributed by atoms with E-state index in [-0.39, 0.29) is 5.82 Å². The van der Waals surface area contributed by atoms with Gasteiger partial charge in [0.05, 0.1) is 6.54 Å². The lowest BCUT2D eigenvalue weighted by molar-refractivity contribution is 0.497. The number of anilines is 1. The third-order valence-corrected chi connectivity index (χ3v) is 3.70. The van der Waals surface area contributed by atoms with Crippen molar-refractivity contribution in [1.29, 1.82) is 0 Å². The van der Waals surface area contributed by atoms with E-state index in [0.29, 0.717) is 18.1 Å². The second-order valence-electron chi connectivity index (χ2n) is 5.13. The summed E-state index contributed by atoms with van der Waals surface area (Å²) in [5, 5.41) is 0. The minimum Gasteiger partial charge on any atom is -0.439 e. The Morgan fingerprint density at radius 1 is 1.23 bits per heavy atom. The monoisotopic (exact) mass is 296 g/mol. The zero-order valence-electron chi connectivity index (χ0n) is 11.7. The molecule has 22 heavy (non-hydrogen) atoms. The van der Waals surface area contributed by atoms with E-state index < -0.39 is 0 Å². The molecule has 1 aliphatic heterocycles. The van der Waals surface area contributed by atoms with Gasteiger partial charge in [0, 0.05) is 24.8 Å². The van der Waals surface area contributed by atoms with Gasteiger partial charge >= 0.3 is 0 Å². The van der Waals surface area contributed by atoms with Crippen LogP contribution in [0.15, 0.2) is 47.3 Å². The highest BCUT2D eigenvalue weighted by Gasteiger charge is 2.23. The zero-order chi connectivity index (χ0) is 14.9. The van der Waals surface area contributed by atoms with Crippen molar-refractivity contribution in [2.24, 2.45) is 0 Å². The summed E-state index contributed by atoms with van der Waals surface area (Å²) < 4.78 is 19.2. The number of hydrogen-bond donors (Lipinski definition) is 0. The maximum Gasteiger partial charge on any atom is 0.245 e. The summed E-state index contributed by atoms with van der Waals surface area (Å²) in [6.45, 7) is 1.38. The van der Waals surface area contributed by atoms with Crippen molar-refractivity contribution in [1.82, 2.24) is 15.0 Å². The van der Waals surface area contributed by atoms with Crippen molar-refractivity contribution >= 4 is 5.69 Å². The number of halogens is 1.